The average molecular weight is 309 g/mol. The molecule has 1 aromatic carbocycles. The number of rotatable bonds is 3. The molecule has 88 valence electrons. The van der Waals surface area contributed by atoms with Crippen molar-refractivity contribution in [3.63, 3.8) is 0 Å². The lowest BCUT2D eigenvalue weighted by Gasteiger charge is -2.05. The van der Waals surface area contributed by atoms with Crippen molar-refractivity contribution in [1.82, 2.24) is 9.97 Å². The third-order valence-electron chi connectivity index (χ3n) is 2.43. The van der Waals surface area contributed by atoms with Crippen LogP contribution in [0.25, 0.3) is 11.3 Å². The van der Waals surface area contributed by atoms with Crippen LogP contribution >= 0.6 is 28.1 Å². The molecule has 2 aromatic rings. The highest BCUT2D eigenvalue weighted by atomic mass is 79.9. The van der Waals surface area contributed by atoms with Crippen molar-refractivity contribution in [3.8, 4) is 11.3 Å². The van der Waals surface area contributed by atoms with Crippen molar-refractivity contribution < 1.29 is 0 Å². The van der Waals surface area contributed by atoms with Crippen LogP contribution in [0.5, 0.6) is 0 Å². The molecule has 0 atom stereocenters. The standard InChI is InChI=1S/C13H13BrN2S/c1-2-3-12-15-11(8-13(17)16-12)9-4-6-10(14)7-5-9/h4-8H,2-3H2,1H3,(H,15,16,17). The fourth-order valence-corrected chi connectivity index (χ4v) is 2.14. The molecule has 0 aliphatic carbocycles. The Morgan fingerprint density at radius 1 is 1.29 bits per heavy atom. The van der Waals surface area contributed by atoms with E-state index in [-0.39, 0.29) is 0 Å². The van der Waals surface area contributed by atoms with E-state index in [9.17, 15) is 0 Å². The molecule has 0 bridgehead atoms. The highest BCUT2D eigenvalue weighted by Gasteiger charge is 2.01. The molecule has 1 heterocycles. The van der Waals surface area contributed by atoms with Crippen molar-refractivity contribution in [2.45, 2.75) is 19.8 Å². The first kappa shape index (κ1) is 12.5. The summed E-state index contributed by atoms with van der Waals surface area (Å²) in [6.45, 7) is 2.13. The number of nitrogens with zero attached hydrogens (tertiary/aromatic N) is 1. The summed E-state index contributed by atoms with van der Waals surface area (Å²) in [6, 6.07) is 10.1. The van der Waals surface area contributed by atoms with Crippen LogP contribution in [0.1, 0.15) is 19.2 Å². The Morgan fingerprint density at radius 3 is 2.65 bits per heavy atom. The van der Waals surface area contributed by atoms with Crippen molar-refractivity contribution >= 4 is 28.1 Å². The maximum atomic E-state index is 5.19. The lowest BCUT2D eigenvalue weighted by molar-refractivity contribution is 0.833. The van der Waals surface area contributed by atoms with Crippen LogP contribution in [-0.4, -0.2) is 9.97 Å². The molecule has 0 saturated carbocycles. The maximum Gasteiger partial charge on any atom is 0.130 e. The predicted molar refractivity (Wildman–Crippen MR) is 76.6 cm³/mol. The summed E-state index contributed by atoms with van der Waals surface area (Å²) in [5, 5.41) is 0. The average Bonchev–Trinajstić information content (AvgIpc) is 2.29. The first-order valence-corrected chi connectivity index (χ1v) is 6.75. The van der Waals surface area contributed by atoms with Crippen LogP contribution in [0.4, 0.5) is 0 Å². The summed E-state index contributed by atoms with van der Waals surface area (Å²) in [4.78, 5) is 7.65. The molecule has 0 saturated heterocycles. The van der Waals surface area contributed by atoms with Crippen LogP contribution in [0.15, 0.2) is 34.8 Å². The third kappa shape index (κ3) is 3.23. The van der Waals surface area contributed by atoms with E-state index in [1.54, 1.807) is 0 Å². The van der Waals surface area contributed by atoms with E-state index in [0.717, 1.165) is 34.4 Å². The molecule has 0 aliphatic rings. The number of aromatic nitrogens is 2. The van der Waals surface area contributed by atoms with Crippen molar-refractivity contribution in [2.24, 2.45) is 0 Å². The van der Waals surface area contributed by atoms with Crippen molar-refractivity contribution in [1.29, 1.82) is 0 Å². The molecule has 0 amide bonds. The minimum absolute atomic E-state index is 0.644. The second-order valence-electron chi connectivity index (χ2n) is 3.84. The maximum absolute atomic E-state index is 5.19. The molecule has 0 fully saturated rings. The van der Waals surface area contributed by atoms with E-state index in [0.29, 0.717) is 4.64 Å². The molecule has 0 spiro atoms. The molecular formula is C13H13BrN2S. The molecular weight excluding hydrogens is 296 g/mol. The summed E-state index contributed by atoms with van der Waals surface area (Å²) in [5.74, 6) is 0.956. The van der Waals surface area contributed by atoms with Crippen LogP contribution in [0.3, 0.4) is 0 Å². The van der Waals surface area contributed by atoms with E-state index in [2.05, 4.69) is 45.0 Å². The molecule has 17 heavy (non-hydrogen) atoms. The van der Waals surface area contributed by atoms with Gasteiger partial charge in [0.25, 0.3) is 0 Å². The monoisotopic (exact) mass is 308 g/mol. The van der Waals surface area contributed by atoms with Gasteiger partial charge >= 0.3 is 0 Å². The molecule has 0 radical (unpaired) electrons. The topological polar surface area (TPSA) is 28.7 Å². The van der Waals surface area contributed by atoms with Gasteiger partial charge in [-0.2, -0.15) is 0 Å². The normalized spacial score (nSPS) is 10.5. The Hall–Kier alpha value is -1.00. The molecule has 0 aliphatic heterocycles. The van der Waals surface area contributed by atoms with E-state index >= 15 is 0 Å². The van der Waals surface area contributed by atoms with E-state index in [4.69, 9.17) is 12.2 Å². The SMILES string of the molecule is CCCc1nc(=S)cc(-c2ccc(Br)cc2)[nH]1. The molecule has 1 aromatic heterocycles. The summed E-state index contributed by atoms with van der Waals surface area (Å²) >= 11 is 8.62. The van der Waals surface area contributed by atoms with Crippen LogP contribution in [-0.2, 0) is 6.42 Å². The van der Waals surface area contributed by atoms with Crippen LogP contribution in [0, 0.1) is 4.64 Å². The van der Waals surface area contributed by atoms with E-state index in [1.807, 2.05) is 18.2 Å². The summed E-state index contributed by atoms with van der Waals surface area (Å²) in [6.07, 6.45) is 1.98. The van der Waals surface area contributed by atoms with Crippen LogP contribution in [0.2, 0.25) is 0 Å². The second-order valence-corrected chi connectivity index (χ2v) is 5.17. The highest BCUT2D eigenvalue weighted by molar-refractivity contribution is 9.10. The fourth-order valence-electron chi connectivity index (χ4n) is 1.65. The zero-order valence-electron chi connectivity index (χ0n) is 9.53. The predicted octanol–water partition coefficient (Wildman–Crippen LogP) is 4.52. The van der Waals surface area contributed by atoms with Gasteiger partial charge in [-0.05, 0) is 30.2 Å². The Labute approximate surface area is 114 Å². The minimum atomic E-state index is 0.644. The number of benzene rings is 1. The Kier molecular flexibility index (Phi) is 4.07. The Balaban J connectivity index is 2.44. The first-order valence-electron chi connectivity index (χ1n) is 5.55. The number of aryl methyl sites for hydroxylation is 1. The van der Waals surface area contributed by atoms with Gasteiger partial charge in [0.2, 0.25) is 0 Å². The van der Waals surface area contributed by atoms with Gasteiger partial charge in [-0.3, -0.25) is 0 Å². The summed E-state index contributed by atoms with van der Waals surface area (Å²) < 4.78 is 1.72. The number of aromatic amines is 1. The zero-order valence-corrected chi connectivity index (χ0v) is 11.9. The van der Waals surface area contributed by atoms with Gasteiger partial charge in [0.05, 0.1) is 0 Å². The summed E-state index contributed by atoms with van der Waals surface area (Å²) in [5.41, 5.74) is 2.15. The van der Waals surface area contributed by atoms with Gasteiger partial charge in [-0.25, -0.2) is 4.98 Å². The lowest BCUT2D eigenvalue weighted by Crippen LogP contribution is -1.96. The quantitative estimate of drug-likeness (QED) is 0.844. The lowest BCUT2D eigenvalue weighted by atomic mass is 10.1. The number of nitrogens with one attached hydrogen (secondary N) is 1. The number of hydrogen-bond donors (Lipinski definition) is 1. The van der Waals surface area contributed by atoms with Gasteiger partial charge in [0.15, 0.2) is 0 Å². The number of H-pyrrole nitrogens is 1. The van der Waals surface area contributed by atoms with Crippen molar-refractivity contribution in [2.75, 3.05) is 0 Å². The highest BCUT2D eigenvalue weighted by Crippen LogP contribution is 2.20. The summed E-state index contributed by atoms with van der Waals surface area (Å²) in [7, 11) is 0. The van der Waals surface area contributed by atoms with Gasteiger partial charge in [0, 0.05) is 16.6 Å². The van der Waals surface area contributed by atoms with E-state index < -0.39 is 0 Å². The fraction of sp³-hybridized carbons (Fsp3) is 0.231. The first-order chi connectivity index (χ1) is 8.19. The molecule has 2 nitrogen and oxygen atoms in total. The van der Waals surface area contributed by atoms with Gasteiger partial charge in [-0.1, -0.05) is 47.2 Å². The smallest absolute Gasteiger partial charge is 0.130 e. The minimum Gasteiger partial charge on any atom is -0.343 e. The van der Waals surface area contributed by atoms with Crippen molar-refractivity contribution in [3.05, 3.63) is 45.3 Å². The molecule has 1 N–H and O–H groups in total. The number of halogens is 1. The second kappa shape index (κ2) is 5.56. The largest absolute Gasteiger partial charge is 0.343 e. The zero-order chi connectivity index (χ0) is 12.3. The third-order valence-corrected chi connectivity index (χ3v) is 3.17. The molecule has 4 heteroatoms. The van der Waals surface area contributed by atoms with Gasteiger partial charge in [-0.15, -0.1) is 0 Å². The van der Waals surface area contributed by atoms with Gasteiger partial charge in [0.1, 0.15) is 10.5 Å². The Bertz CT molecular complexity index is 560. The van der Waals surface area contributed by atoms with Gasteiger partial charge < -0.3 is 4.98 Å². The molecule has 2 rings (SSSR count). The van der Waals surface area contributed by atoms with Crippen LogP contribution < -0.4 is 0 Å². The Morgan fingerprint density at radius 2 is 2.00 bits per heavy atom. The van der Waals surface area contributed by atoms with E-state index in [1.165, 1.54) is 0 Å². The number of hydrogen-bond acceptors (Lipinski definition) is 2. The molecule has 0 unspecified atom stereocenters.